The van der Waals surface area contributed by atoms with Crippen LogP contribution in [-0.2, 0) is 0 Å². The summed E-state index contributed by atoms with van der Waals surface area (Å²) < 4.78 is 52.7. The van der Waals surface area contributed by atoms with Gasteiger partial charge in [-0.15, -0.1) is 0 Å². The van der Waals surface area contributed by atoms with Crippen LogP contribution in [0.25, 0.3) is 11.1 Å². The van der Waals surface area contributed by atoms with Gasteiger partial charge in [0.15, 0.2) is 0 Å². The monoisotopic (exact) mass is 469 g/mol. The van der Waals surface area contributed by atoms with E-state index < -0.39 is 24.6 Å². The van der Waals surface area contributed by atoms with E-state index in [1.165, 1.54) is 12.1 Å². The third-order valence-electron chi connectivity index (χ3n) is 3.96. The van der Waals surface area contributed by atoms with Crippen LogP contribution in [0.3, 0.4) is 0 Å². The van der Waals surface area contributed by atoms with Crippen molar-refractivity contribution in [2.24, 2.45) is 0 Å². The zero-order chi connectivity index (χ0) is 22.4. The first kappa shape index (κ1) is 22.9. The smallest absolute Gasteiger partial charge is 0.308 e. The van der Waals surface area contributed by atoms with Gasteiger partial charge >= 0.3 is 12.2 Å². The van der Waals surface area contributed by atoms with Crippen LogP contribution < -0.4 is 15.4 Å². The quantitative estimate of drug-likeness (QED) is 0.270. The van der Waals surface area contributed by atoms with Gasteiger partial charge in [-0.3, -0.25) is 4.72 Å². The number of urea groups is 1. The first-order chi connectivity index (χ1) is 14.7. The number of hydrogen-bond acceptors (Lipinski definition) is 3. The van der Waals surface area contributed by atoms with E-state index in [1.54, 1.807) is 18.2 Å². The fourth-order valence-electron chi connectivity index (χ4n) is 2.62. The molecule has 3 aromatic carbocycles. The first-order valence-corrected chi connectivity index (χ1v) is 10.1. The van der Waals surface area contributed by atoms with Gasteiger partial charge in [0.05, 0.1) is 10.7 Å². The van der Waals surface area contributed by atoms with E-state index in [0.717, 1.165) is 23.6 Å². The fraction of sp³-hybridized carbons (Fsp3) is 0.0952. The summed E-state index contributed by atoms with van der Waals surface area (Å²) in [5, 5.41) is 5.09. The molecule has 3 N–H and O–H groups in total. The SMILES string of the molecule is O=C(Nc1ccc(F)c(Cl)c1)Nc1cc(SNCC(F)(F)F)ccc1-c1ccccc1. The van der Waals surface area contributed by atoms with Gasteiger partial charge in [-0.1, -0.05) is 48.0 Å². The molecule has 0 saturated heterocycles. The maximum absolute atomic E-state index is 13.3. The van der Waals surface area contributed by atoms with Crippen molar-refractivity contribution in [1.29, 1.82) is 0 Å². The molecule has 0 bridgehead atoms. The summed E-state index contributed by atoms with van der Waals surface area (Å²) in [4.78, 5) is 13.0. The van der Waals surface area contributed by atoms with E-state index in [9.17, 15) is 22.4 Å². The molecule has 0 aliphatic heterocycles. The van der Waals surface area contributed by atoms with E-state index >= 15 is 0 Å². The molecule has 0 spiro atoms. The van der Waals surface area contributed by atoms with Crippen molar-refractivity contribution in [2.45, 2.75) is 11.1 Å². The predicted molar refractivity (Wildman–Crippen MR) is 116 cm³/mol. The molecule has 0 radical (unpaired) electrons. The minimum Gasteiger partial charge on any atom is -0.308 e. The molecule has 0 unspecified atom stereocenters. The van der Waals surface area contributed by atoms with Crippen LogP contribution in [0.5, 0.6) is 0 Å². The number of nitrogens with one attached hydrogen (secondary N) is 3. The summed E-state index contributed by atoms with van der Waals surface area (Å²) >= 11 is 6.53. The molecular formula is C21H16ClF4N3OS. The van der Waals surface area contributed by atoms with E-state index in [1.807, 2.05) is 30.3 Å². The minimum absolute atomic E-state index is 0.142. The molecule has 2 amide bonds. The molecule has 4 nitrogen and oxygen atoms in total. The normalized spacial score (nSPS) is 11.3. The van der Waals surface area contributed by atoms with Gasteiger partial charge in [-0.2, -0.15) is 13.2 Å². The zero-order valence-electron chi connectivity index (χ0n) is 15.8. The lowest BCUT2D eigenvalue weighted by atomic mass is 10.0. The Bertz CT molecular complexity index is 1060. The highest BCUT2D eigenvalue weighted by Gasteiger charge is 2.26. The number of carbonyl (C=O) groups is 1. The van der Waals surface area contributed by atoms with Crippen molar-refractivity contribution in [1.82, 2.24) is 4.72 Å². The standard InChI is InChI=1S/C21H16ClF4N3OS/c22-17-10-14(6-9-18(17)23)28-20(30)29-19-11-15(31-27-12-21(24,25)26)7-8-16(19)13-4-2-1-3-5-13/h1-11,27H,12H2,(H2,28,29,30). The summed E-state index contributed by atoms with van der Waals surface area (Å²) in [7, 11) is 0. The molecule has 0 aliphatic rings. The van der Waals surface area contributed by atoms with Gasteiger partial charge in [0.25, 0.3) is 0 Å². The zero-order valence-corrected chi connectivity index (χ0v) is 17.3. The minimum atomic E-state index is -4.34. The molecule has 10 heteroatoms. The molecule has 0 heterocycles. The topological polar surface area (TPSA) is 53.2 Å². The van der Waals surface area contributed by atoms with Gasteiger partial charge < -0.3 is 10.6 Å². The number of amides is 2. The number of halogens is 5. The van der Waals surface area contributed by atoms with Crippen LogP contribution in [0.1, 0.15) is 0 Å². The largest absolute Gasteiger partial charge is 0.402 e. The Morgan fingerprint density at radius 1 is 0.968 bits per heavy atom. The number of hydrogen-bond donors (Lipinski definition) is 3. The van der Waals surface area contributed by atoms with Gasteiger partial charge in [-0.05, 0) is 47.8 Å². The third-order valence-corrected chi connectivity index (χ3v) is 5.03. The van der Waals surface area contributed by atoms with Crippen LogP contribution in [0.15, 0.2) is 71.6 Å². The van der Waals surface area contributed by atoms with Gasteiger partial charge in [0.1, 0.15) is 12.4 Å². The lowest BCUT2D eigenvalue weighted by molar-refractivity contribution is -0.120. The van der Waals surface area contributed by atoms with E-state index in [-0.39, 0.29) is 10.7 Å². The molecule has 0 fully saturated rings. The van der Waals surface area contributed by atoms with Crippen LogP contribution in [0, 0.1) is 5.82 Å². The number of benzene rings is 3. The van der Waals surface area contributed by atoms with Crippen LogP contribution in [0.4, 0.5) is 33.7 Å². The molecule has 162 valence electrons. The van der Waals surface area contributed by atoms with E-state index in [2.05, 4.69) is 15.4 Å². The summed E-state index contributed by atoms with van der Waals surface area (Å²) in [5.74, 6) is -0.616. The summed E-state index contributed by atoms with van der Waals surface area (Å²) in [6.45, 7) is -1.16. The van der Waals surface area contributed by atoms with Gasteiger partial charge in [0.2, 0.25) is 0 Å². The Hall–Kier alpha value is -2.75. The molecule has 0 aliphatic carbocycles. The molecule has 0 saturated carbocycles. The summed E-state index contributed by atoms with van der Waals surface area (Å²) in [6, 6.07) is 17.2. The highest BCUT2D eigenvalue weighted by Crippen LogP contribution is 2.32. The Morgan fingerprint density at radius 2 is 1.71 bits per heavy atom. The summed E-state index contributed by atoms with van der Waals surface area (Å²) in [5.41, 5.74) is 2.15. The highest BCUT2D eigenvalue weighted by molar-refractivity contribution is 7.97. The second-order valence-electron chi connectivity index (χ2n) is 6.32. The highest BCUT2D eigenvalue weighted by atomic mass is 35.5. The average molecular weight is 470 g/mol. The first-order valence-electron chi connectivity index (χ1n) is 8.90. The number of alkyl halides is 3. The lowest BCUT2D eigenvalue weighted by Crippen LogP contribution is -2.23. The van der Waals surface area contributed by atoms with Gasteiger partial charge in [-0.25, -0.2) is 9.18 Å². The Labute approximate surface area is 185 Å². The number of rotatable bonds is 6. The Morgan fingerprint density at radius 3 is 2.39 bits per heavy atom. The second-order valence-corrected chi connectivity index (χ2v) is 7.69. The van der Waals surface area contributed by atoms with Gasteiger partial charge in [0, 0.05) is 16.1 Å². The van der Waals surface area contributed by atoms with E-state index in [4.69, 9.17) is 11.6 Å². The lowest BCUT2D eigenvalue weighted by Gasteiger charge is -2.15. The molecule has 3 aromatic rings. The third kappa shape index (κ3) is 6.88. The van der Waals surface area contributed by atoms with Crippen molar-refractivity contribution in [3.05, 3.63) is 77.6 Å². The molecular weight excluding hydrogens is 454 g/mol. The number of anilines is 2. The molecule has 0 aromatic heterocycles. The van der Waals surface area contributed by atoms with Crippen molar-refractivity contribution >= 4 is 41.0 Å². The molecule has 0 atom stereocenters. The average Bonchev–Trinajstić information content (AvgIpc) is 2.71. The number of carbonyl (C=O) groups excluding carboxylic acids is 1. The molecule has 3 rings (SSSR count). The van der Waals surface area contributed by atoms with Crippen molar-refractivity contribution in [2.75, 3.05) is 17.2 Å². The Balaban J connectivity index is 1.81. The Kier molecular flexibility index (Phi) is 7.42. The predicted octanol–water partition coefficient (Wildman–Crippen LogP) is 6.95. The maximum Gasteiger partial charge on any atom is 0.402 e. The summed E-state index contributed by atoms with van der Waals surface area (Å²) in [6.07, 6.45) is -4.34. The van der Waals surface area contributed by atoms with Crippen molar-refractivity contribution in [3.63, 3.8) is 0 Å². The van der Waals surface area contributed by atoms with E-state index in [0.29, 0.717) is 16.1 Å². The fourth-order valence-corrected chi connectivity index (χ4v) is 3.52. The van der Waals surface area contributed by atoms with Crippen molar-refractivity contribution in [3.8, 4) is 11.1 Å². The maximum atomic E-state index is 13.3. The van der Waals surface area contributed by atoms with Crippen LogP contribution in [-0.4, -0.2) is 18.8 Å². The molecule has 31 heavy (non-hydrogen) atoms. The van der Waals surface area contributed by atoms with Crippen molar-refractivity contribution < 1.29 is 22.4 Å². The van der Waals surface area contributed by atoms with Crippen LogP contribution in [0.2, 0.25) is 5.02 Å². The van der Waals surface area contributed by atoms with Crippen LogP contribution >= 0.6 is 23.5 Å². The second kappa shape index (κ2) is 10.0.